The van der Waals surface area contributed by atoms with Crippen LogP contribution in [0.15, 0.2) is 0 Å². The van der Waals surface area contributed by atoms with Gasteiger partial charge in [0.25, 0.3) is 0 Å². The average molecular weight is 350 g/mol. The summed E-state index contributed by atoms with van der Waals surface area (Å²) < 4.78 is 20.2. The van der Waals surface area contributed by atoms with Crippen molar-refractivity contribution in [3.05, 3.63) is 0 Å². The van der Waals surface area contributed by atoms with Crippen molar-refractivity contribution in [2.24, 2.45) is 5.73 Å². The molecular formula is C13H22N2O9. The highest BCUT2D eigenvalue weighted by atomic mass is 16.9. The van der Waals surface area contributed by atoms with Gasteiger partial charge >= 0.3 is 35.6 Å². The molecular weight excluding hydrogens is 328 g/mol. The summed E-state index contributed by atoms with van der Waals surface area (Å²) >= 11 is 0. The van der Waals surface area contributed by atoms with Crippen LogP contribution in [-0.4, -0.2) is 48.7 Å². The Bertz CT molecular complexity index is 478. The summed E-state index contributed by atoms with van der Waals surface area (Å²) in [6.45, 7) is 5.02. The molecule has 11 heteroatoms. The highest BCUT2D eigenvalue weighted by Gasteiger charge is 2.61. The van der Waals surface area contributed by atoms with E-state index in [2.05, 4.69) is 4.84 Å². The van der Waals surface area contributed by atoms with Gasteiger partial charge in [-0.1, -0.05) is 5.48 Å². The second-order valence-electron chi connectivity index (χ2n) is 4.68. The van der Waals surface area contributed by atoms with E-state index in [1.54, 1.807) is 0 Å². The van der Waals surface area contributed by atoms with E-state index in [0.29, 0.717) is 0 Å². The van der Waals surface area contributed by atoms with E-state index in [0.717, 1.165) is 34.6 Å². The lowest BCUT2D eigenvalue weighted by molar-refractivity contribution is -0.399. The zero-order chi connectivity index (χ0) is 19.0. The van der Waals surface area contributed by atoms with Crippen molar-refractivity contribution in [1.82, 2.24) is 5.48 Å². The maximum atomic E-state index is 11.5. The van der Waals surface area contributed by atoms with Gasteiger partial charge in [-0.15, -0.1) is 0 Å². The Morgan fingerprint density at radius 3 is 1.67 bits per heavy atom. The summed E-state index contributed by atoms with van der Waals surface area (Å²) in [5.74, 6) is -8.44. The van der Waals surface area contributed by atoms with Crippen LogP contribution in [-0.2, 0) is 43.0 Å². The lowest BCUT2D eigenvalue weighted by atomic mass is 10.2. The van der Waals surface area contributed by atoms with Crippen molar-refractivity contribution in [1.29, 1.82) is 0 Å². The Labute approximate surface area is 138 Å². The van der Waals surface area contributed by atoms with E-state index in [9.17, 15) is 19.2 Å². The van der Waals surface area contributed by atoms with Crippen LogP contribution in [0.4, 0.5) is 0 Å². The Hall–Kier alpha value is -2.24. The fourth-order valence-electron chi connectivity index (χ4n) is 1.60. The first-order valence-corrected chi connectivity index (χ1v) is 6.85. The molecule has 0 aromatic heterocycles. The molecule has 0 aromatic carbocycles. The molecule has 3 N–H and O–H groups in total. The topological polar surface area (TPSA) is 152 Å². The summed E-state index contributed by atoms with van der Waals surface area (Å²) in [7, 11) is 0. The smallest absolute Gasteiger partial charge is 0.417 e. The van der Waals surface area contributed by atoms with Crippen molar-refractivity contribution in [3.8, 4) is 0 Å². The molecule has 0 aliphatic rings. The zero-order valence-electron chi connectivity index (χ0n) is 14.2. The van der Waals surface area contributed by atoms with Gasteiger partial charge in [-0.3, -0.25) is 19.2 Å². The summed E-state index contributed by atoms with van der Waals surface area (Å²) in [6, 6.07) is 0. The van der Waals surface area contributed by atoms with Crippen LogP contribution in [0, 0.1) is 0 Å². The molecule has 138 valence electrons. The Morgan fingerprint density at radius 1 is 0.875 bits per heavy atom. The van der Waals surface area contributed by atoms with E-state index >= 15 is 0 Å². The van der Waals surface area contributed by atoms with Gasteiger partial charge in [-0.2, -0.15) is 0 Å². The first-order valence-electron chi connectivity index (χ1n) is 6.85. The third-order valence-electron chi connectivity index (χ3n) is 2.34. The third kappa shape index (κ3) is 6.48. The number of hydrogen-bond acceptors (Lipinski definition) is 11. The van der Waals surface area contributed by atoms with Gasteiger partial charge in [0.2, 0.25) is 0 Å². The van der Waals surface area contributed by atoms with Gasteiger partial charge < -0.3 is 29.5 Å². The fraction of sp³-hybridized carbons (Fsp3) is 0.692. The predicted molar refractivity (Wildman–Crippen MR) is 76.3 cm³/mol. The Balaban J connectivity index is 6.06. The number of nitrogens with two attached hydrogens (primary N) is 1. The molecule has 0 radical (unpaired) electrons. The highest BCUT2D eigenvalue weighted by molar-refractivity contribution is 5.70. The predicted octanol–water partition coefficient (Wildman–Crippen LogP) is -0.911. The molecule has 0 aliphatic heterocycles. The second kappa shape index (κ2) is 9.15. The van der Waals surface area contributed by atoms with E-state index in [4.69, 9.17) is 24.7 Å². The van der Waals surface area contributed by atoms with Crippen LogP contribution in [0.3, 0.4) is 0 Å². The number of hydrogen-bond donors (Lipinski definition) is 2. The van der Waals surface area contributed by atoms with Crippen LogP contribution < -0.4 is 11.2 Å². The van der Waals surface area contributed by atoms with Gasteiger partial charge in [-0.05, 0) is 0 Å². The molecule has 0 aromatic rings. The van der Waals surface area contributed by atoms with Crippen LogP contribution in [0.25, 0.3) is 0 Å². The van der Waals surface area contributed by atoms with Gasteiger partial charge in [0, 0.05) is 41.2 Å². The quantitative estimate of drug-likeness (QED) is 0.230. The van der Waals surface area contributed by atoms with Gasteiger partial charge in [0.15, 0.2) is 0 Å². The van der Waals surface area contributed by atoms with Crippen molar-refractivity contribution in [2.75, 3.05) is 13.2 Å². The number of carbonyl (C=O) groups excluding carboxylic acids is 4. The largest absolute Gasteiger partial charge is 0.423 e. The number of nitrogens with one attached hydrogen (secondary N) is 1. The van der Waals surface area contributed by atoms with Crippen LogP contribution in [0.2, 0.25) is 0 Å². The molecule has 0 amide bonds. The highest BCUT2D eigenvalue weighted by Crippen LogP contribution is 2.31. The van der Waals surface area contributed by atoms with E-state index in [1.165, 1.54) is 0 Å². The SMILES string of the molecule is CC(=O)ONC(OC(C)=O)(OC(C)=O)C(C)(OCCN)OC(C)=O. The first kappa shape index (κ1) is 21.8. The zero-order valence-corrected chi connectivity index (χ0v) is 14.2. The molecule has 0 saturated carbocycles. The van der Waals surface area contributed by atoms with Gasteiger partial charge in [-0.25, -0.2) is 0 Å². The maximum Gasteiger partial charge on any atom is 0.417 e. The van der Waals surface area contributed by atoms with Crippen molar-refractivity contribution >= 4 is 23.9 Å². The Kier molecular flexibility index (Phi) is 8.30. The number of esters is 3. The second-order valence-corrected chi connectivity index (χ2v) is 4.68. The number of carbonyl (C=O) groups is 4. The third-order valence-corrected chi connectivity index (χ3v) is 2.34. The summed E-state index contributed by atoms with van der Waals surface area (Å²) in [5, 5.41) is 0. The minimum Gasteiger partial charge on any atom is -0.423 e. The van der Waals surface area contributed by atoms with Crippen LogP contribution in [0.1, 0.15) is 34.6 Å². The molecule has 0 rings (SSSR count). The van der Waals surface area contributed by atoms with E-state index < -0.39 is 35.6 Å². The van der Waals surface area contributed by atoms with Crippen LogP contribution >= 0.6 is 0 Å². The van der Waals surface area contributed by atoms with Crippen molar-refractivity contribution < 1.29 is 43.0 Å². The molecule has 24 heavy (non-hydrogen) atoms. The standard InChI is InChI=1S/C13H22N2O9/c1-8(16)21-12(5,20-7-6-14)13(22-9(2)17,23-10(3)18)15-24-11(4)19/h15H,6-7,14H2,1-5H3. The molecule has 0 saturated heterocycles. The molecule has 0 fully saturated rings. The molecule has 0 aliphatic carbocycles. The normalized spacial score (nSPS) is 13.4. The molecule has 0 spiro atoms. The first-order chi connectivity index (χ1) is 11.0. The average Bonchev–Trinajstić information content (AvgIpc) is 2.40. The summed E-state index contributed by atoms with van der Waals surface area (Å²) in [4.78, 5) is 50.0. The molecule has 1 atom stereocenters. The number of ether oxygens (including phenoxy) is 4. The molecule has 0 heterocycles. The Morgan fingerprint density at radius 2 is 1.33 bits per heavy atom. The van der Waals surface area contributed by atoms with Crippen LogP contribution in [0.5, 0.6) is 0 Å². The molecule has 1 unspecified atom stereocenters. The van der Waals surface area contributed by atoms with E-state index in [1.807, 2.05) is 5.48 Å². The fourth-order valence-corrected chi connectivity index (χ4v) is 1.60. The van der Waals surface area contributed by atoms with Gasteiger partial charge in [0.05, 0.1) is 6.61 Å². The van der Waals surface area contributed by atoms with Crippen molar-refractivity contribution in [2.45, 2.75) is 46.3 Å². The summed E-state index contributed by atoms with van der Waals surface area (Å²) in [6.07, 6.45) is 0. The van der Waals surface area contributed by atoms with Gasteiger partial charge in [0.1, 0.15) is 0 Å². The molecule has 11 nitrogen and oxygen atoms in total. The van der Waals surface area contributed by atoms with Crippen molar-refractivity contribution in [3.63, 3.8) is 0 Å². The number of rotatable bonds is 9. The lowest BCUT2D eigenvalue weighted by Gasteiger charge is -2.42. The monoisotopic (exact) mass is 350 g/mol. The van der Waals surface area contributed by atoms with E-state index in [-0.39, 0.29) is 13.2 Å². The maximum absolute atomic E-state index is 11.5. The molecule has 0 bridgehead atoms. The number of hydroxylamine groups is 1. The lowest BCUT2D eigenvalue weighted by Crippen LogP contribution is -2.69. The summed E-state index contributed by atoms with van der Waals surface area (Å²) in [5.41, 5.74) is 7.32. The minimum absolute atomic E-state index is 0.000638. The minimum atomic E-state index is -2.60.